The zero-order valence-electron chi connectivity index (χ0n) is 9.46. The minimum Gasteiger partial charge on any atom is -0.547 e. The molecule has 0 spiro atoms. The predicted molar refractivity (Wildman–Crippen MR) is 48.5 cm³/mol. The van der Waals surface area contributed by atoms with Crippen LogP contribution < -0.4 is 10.2 Å². The van der Waals surface area contributed by atoms with E-state index in [1.165, 1.54) is 13.8 Å². The Labute approximate surface area is 89.0 Å². The molecular formula is C10H16O5-2. The second-order valence-electron chi connectivity index (χ2n) is 3.85. The first-order chi connectivity index (χ1) is 6.72. The summed E-state index contributed by atoms with van der Waals surface area (Å²) in [5, 5.41) is 21.6. The van der Waals surface area contributed by atoms with E-state index in [1.807, 2.05) is 0 Å². The molecule has 5 heteroatoms. The van der Waals surface area contributed by atoms with Crippen molar-refractivity contribution in [3.8, 4) is 0 Å². The highest BCUT2D eigenvalue weighted by Crippen LogP contribution is 2.25. The van der Waals surface area contributed by atoms with Crippen molar-refractivity contribution in [1.82, 2.24) is 0 Å². The van der Waals surface area contributed by atoms with Gasteiger partial charge < -0.3 is 24.5 Å². The van der Waals surface area contributed by atoms with Gasteiger partial charge in [0.25, 0.3) is 0 Å². The Morgan fingerprint density at radius 3 is 1.40 bits per heavy atom. The van der Waals surface area contributed by atoms with Crippen LogP contribution in [0.15, 0.2) is 0 Å². The van der Waals surface area contributed by atoms with Gasteiger partial charge in [0.05, 0.1) is 11.9 Å². The number of carbonyl (C=O) groups excluding carboxylic acids is 2. The molecule has 0 fully saturated rings. The highest BCUT2D eigenvalue weighted by Gasteiger charge is 2.35. The first kappa shape index (κ1) is 13.9. The summed E-state index contributed by atoms with van der Waals surface area (Å²) in [5.74, 6) is -2.85. The SMILES string of the molecule is CC[C@@](C)(O[C@@](C)(CC)C(=O)[O-])C(=O)[O-]. The first-order valence-electron chi connectivity index (χ1n) is 4.85. The van der Waals surface area contributed by atoms with E-state index in [-0.39, 0.29) is 12.8 Å². The molecule has 0 saturated heterocycles. The standard InChI is InChI=1S/C10H18O5/c1-5-9(3,7(11)12)15-10(4,6-2)8(13)14/h5-6H2,1-4H3,(H,11,12)(H,13,14)/p-2/t9-,10+. The van der Waals surface area contributed by atoms with E-state index >= 15 is 0 Å². The summed E-state index contributed by atoms with van der Waals surface area (Å²) in [6.07, 6.45) is 0.246. The molecule has 0 aliphatic carbocycles. The fraction of sp³-hybridized carbons (Fsp3) is 0.800. The largest absolute Gasteiger partial charge is 0.547 e. The summed E-state index contributed by atoms with van der Waals surface area (Å²) in [7, 11) is 0. The number of aliphatic carboxylic acids is 2. The smallest absolute Gasteiger partial charge is 0.106 e. The summed E-state index contributed by atoms with van der Waals surface area (Å²) in [4.78, 5) is 21.6. The molecule has 0 aliphatic rings. The maximum absolute atomic E-state index is 10.8. The van der Waals surface area contributed by atoms with Crippen LogP contribution in [0.3, 0.4) is 0 Å². The Morgan fingerprint density at radius 2 is 1.27 bits per heavy atom. The van der Waals surface area contributed by atoms with Crippen LogP contribution in [0, 0.1) is 0 Å². The van der Waals surface area contributed by atoms with E-state index in [2.05, 4.69) is 0 Å². The van der Waals surface area contributed by atoms with Crippen molar-refractivity contribution in [3.63, 3.8) is 0 Å². The lowest BCUT2D eigenvalue weighted by Crippen LogP contribution is -2.57. The molecule has 0 heterocycles. The molecule has 0 aliphatic heterocycles. The van der Waals surface area contributed by atoms with Crippen molar-refractivity contribution in [3.05, 3.63) is 0 Å². The van der Waals surface area contributed by atoms with Crippen molar-refractivity contribution in [2.24, 2.45) is 0 Å². The molecule has 5 nitrogen and oxygen atoms in total. The third-order valence-electron chi connectivity index (χ3n) is 2.66. The molecule has 0 aromatic rings. The monoisotopic (exact) mass is 216 g/mol. The quantitative estimate of drug-likeness (QED) is 0.558. The number of ether oxygens (including phenoxy) is 1. The van der Waals surface area contributed by atoms with Crippen LogP contribution in [-0.2, 0) is 14.3 Å². The van der Waals surface area contributed by atoms with Gasteiger partial charge in [-0.15, -0.1) is 0 Å². The average molecular weight is 216 g/mol. The van der Waals surface area contributed by atoms with E-state index in [4.69, 9.17) is 4.74 Å². The molecule has 0 radical (unpaired) electrons. The van der Waals surface area contributed by atoms with Gasteiger partial charge in [0.2, 0.25) is 0 Å². The normalized spacial score (nSPS) is 18.9. The first-order valence-corrected chi connectivity index (χ1v) is 4.85. The molecule has 0 N–H and O–H groups in total. The zero-order valence-corrected chi connectivity index (χ0v) is 9.46. The van der Waals surface area contributed by atoms with Gasteiger partial charge in [-0.3, -0.25) is 0 Å². The van der Waals surface area contributed by atoms with E-state index in [1.54, 1.807) is 13.8 Å². The maximum Gasteiger partial charge on any atom is 0.106 e. The topological polar surface area (TPSA) is 89.5 Å². The lowest BCUT2D eigenvalue weighted by atomic mass is 9.98. The molecule has 2 atom stereocenters. The molecule has 0 saturated carbocycles. The summed E-state index contributed by atoms with van der Waals surface area (Å²) in [6, 6.07) is 0. The summed E-state index contributed by atoms with van der Waals surface area (Å²) >= 11 is 0. The number of rotatable bonds is 6. The maximum atomic E-state index is 10.8. The lowest BCUT2D eigenvalue weighted by molar-refractivity contribution is -0.348. The van der Waals surface area contributed by atoms with Crippen molar-refractivity contribution in [2.45, 2.75) is 51.7 Å². The fourth-order valence-electron chi connectivity index (χ4n) is 1.01. The van der Waals surface area contributed by atoms with E-state index in [9.17, 15) is 19.8 Å². The van der Waals surface area contributed by atoms with Gasteiger partial charge in [-0.05, 0) is 26.7 Å². The number of carboxylic acids is 2. The number of carbonyl (C=O) groups is 2. The molecule has 88 valence electrons. The van der Waals surface area contributed by atoms with Gasteiger partial charge in [-0.2, -0.15) is 0 Å². The van der Waals surface area contributed by atoms with Crippen LogP contribution in [0.2, 0.25) is 0 Å². The summed E-state index contributed by atoms with van der Waals surface area (Å²) < 4.78 is 5.12. The van der Waals surface area contributed by atoms with Crippen LogP contribution in [0.1, 0.15) is 40.5 Å². The molecule has 0 unspecified atom stereocenters. The average Bonchev–Trinajstić information content (AvgIpc) is 2.16. The molecule has 0 aromatic heterocycles. The molecule has 15 heavy (non-hydrogen) atoms. The van der Waals surface area contributed by atoms with E-state index in [0.29, 0.717) is 0 Å². The second-order valence-corrected chi connectivity index (χ2v) is 3.85. The molecule has 0 bridgehead atoms. The third kappa shape index (κ3) is 2.92. The lowest BCUT2D eigenvalue weighted by Gasteiger charge is -2.40. The van der Waals surface area contributed by atoms with Gasteiger partial charge in [0.15, 0.2) is 0 Å². The minimum absolute atomic E-state index is 0.123. The fourth-order valence-corrected chi connectivity index (χ4v) is 1.01. The van der Waals surface area contributed by atoms with Crippen LogP contribution in [0.25, 0.3) is 0 Å². The zero-order chi connectivity index (χ0) is 12.3. The van der Waals surface area contributed by atoms with E-state index in [0.717, 1.165) is 0 Å². The Bertz CT molecular complexity index is 237. The van der Waals surface area contributed by atoms with Gasteiger partial charge >= 0.3 is 0 Å². The van der Waals surface area contributed by atoms with Gasteiger partial charge in [-0.25, -0.2) is 0 Å². The summed E-state index contributed by atoms with van der Waals surface area (Å²) in [6.45, 7) is 5.75. The van der Waals surface area contributed by atoms with Crippen molar-refractivity contribution in [2.75, 3.05) is 0 Å². The van der Waals surface area contributed by atoms with Crippen molar-refractivity contribution < 1.29 is 24.5 Å². The molecular weight excluding hydrogens is 200 g/mol. The molecule has 0 rings (SSSR count). The van der Waals surface area contributed by atoms with Crippen molar-refractivity contribution >= 4 is 11.9 Å². The van der Waals surface area contributed by atoms with Gasteiger partial charge in [0, 0.05) is 0 Å². The highest BCUT2D eigenvalue weighted by molar-refractivity contribution is 5.78. The number of carboxylic acid groups (broad SMARTS) is 2. The Morgan fingerprint density at radius 1 is 1.00 bits per heavy atom. The van der Waals surface area contributed by atoms with E-state index < -0.39 is 23.1 Å². The Kier molecular flexibility index (Phi) is 4.27. The molecule has 0 aromatic carbocycles. The highest BCUT2D eigenvalue weighted by atomic mass is 16.6. The predicted octanol–water partition coefficient (Wildman–Crippen LogP) is -1.16. The van der Waals surface area contributed by atoms with Crippen LogP contribution in [0.5, 0.6) is 0 Å². The van der Waals surface area contributed by atoms with Gasteiger partial charge in [-0.1, -0.05) is 13.8 Å². The summed E-state index contributed by atoms with van der Waals surface area (Å²) in [5.41, 5.74) is -3.21. The van der Waals surface area contributed by atoms with Crippen molar-refractivity contribution in [1.29, 1.82) is 0 Å². The second kappa shape index (κ2) is 4.61. The number of hydrogen-bond acceptors (Lipinski definition) is 5. The van der Waals surface area contributed by atoms with Crippen LogP contribution >= 0.6 is 0 Å². The minimum atomic E-state index is -1.61. The van der Waals surface area contributed by atoms with Crippen LogP contribution in [0.4, 0.5) is 0 Å². The van der Waals surface area contributed by atoms with Gasteiger partial charge in [0.1, 0.15) is 11.2 Å². The Hall–Kier alpha value is -1.10. The number of hydrogen-bond donors (Lipinski definition) is 0. The molecule has 0 amide bonds. The Balaban J connectivity index is 4.95. The third-order valence-corrected chi connectivity index (χ3v) is 2.66. The van der Waals surface area contributed by atoms with Crippen LogP contribution in [-0.4, -0.2) is 23.1 Å².